The zero-order chi connectivity index (χ0) is 40.5. The molecule has 0 radical (unpaired) electrons. The highest BCUT2D eigenvalue weighted by Gasteiger charge is 2.34. The van der Waals surface area contributed by atoms with Crippen molar-refractivity contribution in [2.45, 2.75) is 85.5 Å². The molecule has 0 fully saturated rings. The smallest absolute Gasteiger partial charge is 0.0131 e. The van der Waals surface area contributed by atoms with Crippen LogP contribution in [0.1, 0.15) is 119 Å². The number of benzene rings is 5. The first-order chi connectivity index (χ1) is 28.1. The fraction of sp³-hybridized carbons (Fsp3) is 0.276. The van der Waals surface area contributed by atoms with E-state index in [0.717, 1.165) is 6.42 Å². The first-order valence-corrected chi connectivity index (χ1v) is 21.8. The molecule has 0 spiro atoms. The second-order valence-electron chi connectivity index (χ2n) is 18.0. The number of fused-ring (bicyclic) bond motifs is 1. The molecule has 0 heterocycles. The molecular weight excluding hydrogens is 697 g/mol. The van der Waals surface area contributed by atoms with Gasteiger partial charge in [-0.15, -0.1) is 0 Å². The number of allylic oxidation sites excluding steroid dienone is 12. The van der Waals surface area contributed by atoms with Crippen LogP contribution >= 0.6 is 0 Å². The van der Waals surface area contributed by atoms with E-state index in [0.29, 0.717) is 29.6 Å². The van der Waals surface area contributed by atoms with E-state index in [-0.39, 0.29) is 11.8 Å². The summed E-state index contributed by atoms with van der Waals surface area (Å²) in [6.45, 7) is 18.3. The molecule has 0 saturated carbocycles. The van der Waals surface area contributed by atoms with Crippen molar-refractivity contribution in [2.75, 3.05) is 0 Å². The Labute approximate surface area is 349 Å². The molecule has 292 valence electrons. The molecule has 0 nitrogen and oxygen atoms in total. The van der Waals surface area contributed by atoms with Crippen LogP contribution in [0.4, 0.5) is 0 Å². The molecule has 0 amide bonds. The summed E-state index contributed by atoms with van der Waals surface area (Å²) in [6, 6.07) is 41.9. The third kappa shape index (κ3) is 7.75. The molecule has 5 aromatic rings. The molecule has 5 aromatic carbocycles. The van der Waals surface area contributed by atoms with Gasteiger partial charge in [0.15, 0.2) is 0 Å². The summed E-state index contributed by atoms with van der Waals surface area (Å²) in [4.78, 5) is 0. The Morgan fingerprint density at radius 1 is 0.431 bits per heavy atom. The Morgan fingerprint density at radius 2 is 0.845 bits per heavy atom. The Kier molecular flexibility index (Phi) is 11.4. The summed E-state index contributed by atoms with van der Waals surface area (Å²) >= 11 is 0. The van der Waals surface area contributed by atoms with Crippen molar-refractivity contribution >= 4 is 11.1 Å². The molecule has 0 N–H and O–H groups in total. The largest absolute Gasteiger partial charge is 0.0801 e. The van der Waals surface area contributed by atoms with Crippen molar-refractivity contribution in [3.8, 4) is 33.4 Å². The van der Waals surface area contributed by atoms with Gasteiger partial charge in [0.2, 0.25) is 0 Å². The third-order valence-corrected chi connectivity index (χ3v) is 12.9. The molecule has 0 saturated heterocycles. The molecule has 8 rings (SSSR count). The van der Waals surface area contributed by atoms with Gasteiger partial charge in [-0.25, -0.2) is 0 Å². The van der Waals surface area contributed by atoms with E-state index in [4.69, 9.17) is 0 Å². The molecular formula is C58H60. The van der Waals surface area contributed by atoms with E-state index in [1.807, 2.05) is 0 Å². The van der Waals surface area contributed by atoms with Crippen molar-refractivity contribution in [1.29, 1.82) is 0 Å². The topological polar surface area (TPSA) is 0 Å². The van der Waals surface area contributed by atoms with E-state index >= 15 is 0 Å². The molecule has 58 heavy (non-hydrogen) atoms. The minimum absolute atomic E-state index is 0.174. The van der Waals surface area contributed by atoms with Crippen LogP contribution in [-0.2, 0) is 0 Å². The normalized spacial score (nSPS) is 18.8. The van der Waals surface area contributed by atoms with Gasteiger partial charge >= 0.3 is 0 Å². The Bertz CT molecular complexity index is 2380. The quantitative estimate of drug-likeness (QED) is 0.133. The fourth-order valence-corrected chi connectivity index (χ4v) is 9.33. The van der Waals surface area contributed by atoms with Crippen molar-refractivity contribution in [3.05, 3.63) is 203 Å². The predicted molar refractivity (Wildman–Crippen MR) is 252 cm³/mol. The van der Waals surface area contributed by atoms with Gasteiger partial charge < -0.3 is 0 Å². The fourth-order valence-electron chi connectivity index (χ4n) is 9.33. The average Bonchev–Trinajstić information content (AvgIpc) is 3.25. The van der Waals surface area contributed by atoms with Gasteiger partial charge in [0.25, 0.3) is 0 Å². The standard InChI is InChI=1S/C58H60/c1-37(2)41-19-27-45(28-20-41)49-15-11-16-50(46-29-21-42(22-30-46)38(3)4)57(49)55-35-36-56(54-14-10-9-13-53(54)55)58-51(47-31-23-43(24-32-47)39(5)6)17-12-18-52(58)48-33-25-44(26-34-48)40(7)8/h9-33,35-40,48,53-54H,34H2,1-8H3. The molecule has 0 bridgehead atoms. The maximum Gasteiger partial charge on any atom is 0.0131 e. The number of rotatable bonds is 10. The second-order valence-corrected chi connectivity index (χ2v) is 18.0. The highest BCUT2D eigenvalue weighted by atomic mass is 14.4. The monoisotopic (exact) mass is 756 g/mol. The lowest BCUT2D eigenvalue weighted by Crippen LogP contribution is -2.21. The minimum atomic E-state index is 0.174. The molecule has 0 heteroatoms. The van der Waals surface area contributed by atoms with Crippen molar-refractivity contribution in [1.82, 2.24) is 0 Å². The van der Waals surface area contributed by atoms with Crippen molar-refractivity contribution < 1.29 is 0 Å². The van der Waals surface area contributed by atoms with Crippen LogP contribution in [0, 0.1) is 17.8 Å². The molecule has 3 aliphatic carbocycles. The first kappa shape index (κ1) is 39.4. The zero-order valence-electron chi connectivity index (χ0n) is 35.8. The van der Waals surface area contributed by atoms with Gasteiger partial charge in [0.1, 0.15) is 0 Å². The Hall–Kier alpha value is -5.46. The average molecular weight is 757 g/mol. The van der Waals surface area contributed by atoms with Crippen LogP contribution in [0.3, 0.4) is 0 Å². The summed E-state index contributed by atoms with van der Waals surface area (Å²) in [7, 11) is 0. The van der Waals surface area contributed by atoms with Gasteiger partial charge in [-0.2, -0.15) is 0 Å². The second kappa shape index (κ2) is 16.8. The van der Waals surface area contributed by atoms with Crippen molar-refractivity contribution in [3.63, 3.8) is 0 Å². The maximum atomic E-state index is 2.48. The third-order valence-electron chi connectivity index (χ3n) is 12.9. The van der Waals surface area contributed by atoms with E-state index in [1.165, 1.54) is 83.5 Å². The Balaban J connectivity index is 1.34. The van der Waals surface area contributed by atoms with Crippen LogP contribution in [0.15, 0.2) is 169 Å². The lowest BCUT2D eigenvalue weighted by atomic mass is 9.67. The van der Waals surface area contributed by atoms with Crippen molar-refractivity contribution in [2.24, 2.45) is 17.8 Å². The molecule has 3 unspecified atom stereocenters. The van der Waals surface area contributed by atoms with Crippen LogP contribution in [-0.4, -0.2) is 0 Å². The van der Waals surface area contributed by atoms with E-state index in [9.17, 15) is 0 Å². The highest BCUT2D eigenvalue weighted by molar-refractivity contribution is 5.97. The van der Waals surface area contributed by atoms with Crippen LogP contribution in [0.2, 0.25) is 0 Å². The van der Waals surface area contributed by atoms with Crippen LogP contribution in [0.25, 0.3) is 44.5 Å². The van der Waals surface area contributed by atoms with Gasteiger partial charge in [-0.05, 0) is 114 Å². The first-order valence-electron chi connectivity index (χ1n) is 21.8. The van der Waals surface area contributed by atoms with E-state index in [2.05, 4.69) is 219 Å². The van der Waals surface area contributed by atoms with Crippen LogP contribution < -0.4 is 0 Å². The van der Waals surface area contributed by atoms with Gasteiger partial charge in [0, 0.05) is 17.8 Å². The summed E-state index contributed by atoms with van der Waals surface area (Å²) in [6.07, 6.45) is 22.8. The predicted octanol–water partition coefficient (Wildman–Crippen LogP) is 16.5. The number of hydrogen-bond donors (Lipinski definition) is 0. The summed E-state index contributed by atoms with van der Waals surface area (Å²) in [5, 5.41) is 0. The number of hydrogen-bond acceptors (Lipinski definition) is 0. The lowest BCUT2D eigenvalue weighted by molar-refractivity contribution is 0.693. The van der Waals surface area contributed by atoms with Crippen LogP contribution in [0.5, 0.6) is 0 Å². The van der Waals surface area contributed by atoms with Gasteiger partial charge in [-0.1, -0.05) is 219 Å². The molecule has 0 aliphatic heterocycles. The zero-order valence-corrected chi connectivity index (χ0v) is 35.8. The summed E-state index contributed by atoms with van der Waals surface area (Å²) < 4.78 is 0. The highest BCUT2D eigenvalue weighted by Crippen LogP contribution is 2.51. The summed E-state index contributed by atoms with van der Waals surface area (Å²) in [5.74, 6) is 2.67. The lowest BCUT2D eigenvalue weighted by Gasteiger charge is -2.36. The maximum absolute atomic E-state index is 2.48. The Morgan fingerprint density at radius 3 is 1.24 bits per heavy atom. The molecule has 3 aliphatic rings. The van der Waals surface area contributed by atoms with Gasteiger partial charge in [0.05, 0.1) is 0 Å². The SMILES string of the molecule is CC(C)C1=CCC(c2cccc(-c3ccc(C(C)C)cc3)c2C2=CC=C(c3c(-c4ccc(C(C)C)cc4)cccc3-c3ccc(C(C)C)cc3)C3C=CC=CC23)C=C1. The van der Waals surface area contributed by atoms with E-state index < -0.39 is 0 Å². The minimum Gasteiger partial charge on any atom is -0.0801 e. The van der Waals surface area contributed by atoms with Gasteiger partial charge in [-0.3, -0.25) is 0 Å². The molecule has 0 aromatic heterocycles. The summed E-state index contributed by atoms with van der Waals surface area (Å²) in [5.41, 5.74) is 20.2. The van der Waals surface area contributed by atoms with E-state index in [1.54, 1.807) is 0 Å². The molecule has 3 atom stereocenters.